The van der Waals surface area contributed by atoms with Crippen LogP contribution < -0.4 is 10.0 Å². The van der Waals surface area contributed by atoms with E-state index in [4.69, 9.17) is 5.11 Å². The van der Waals surface area contributed by atoms with Crippen LogP contribution in [0.25, 0.3) is 0 Å². The Kier molecular flexibility index (Phi) is 4.35. The molecule has 1 aliphatic rings. The van der Waals surface area contributed by atoms with Crippen molar-refractivity contribution in [1.82, 2.24) is 10.0 Å². The number of rotatable bonds is 6. The fraction of sp³-hybridized carbons (Fsp3) is 0.333. The van der Waals surface area contributed by atoms with Crippen molar-refractivity contribution in [2.75, 3.05) is 13.1 Å². The van der Waals surface area contributed by atoms with Crippen molar-refractivity contribution in [1.29, 1.82) is 0 Å². The Bertz CT molecular complexity index is 613. The second-order valence-electron chi connectivity index (χ2n) is 4.28. The van der Waals surface area contributed by atoms with E-state index in [1.54, 1.807) is 18.2 Å². The van der Waals surface area contributed by atoms with Gasteiger partial charge in [0.25, 0.3) is 0 Å². The van der Waals surface area contributed by atoms with Gasteiger partial charge in [0.1, 0.15) is 6.04 Å². The van der Waals surface area contributed by atoms with Gasteiger partial charge in [-0.25, -0.2) is 8.42 Å². The molecule has 1 aromatic rings. The number of benzene rings is 1. The number of aliphatic carboxylic acids is 1. The van der Waals surface area contributed by atoms with Crippen molar-refractivity contribution in [2.45, 2.75) is 17.4 Å². The molecule has 0 saturated heterocycles. The fourth-order valence-corrected chi connectivity index (χ4v) is 3.02. The largest absolute Gasteiger partial charge is 0.480 e. The summed E-state index contributed by atoms with van der Waals surface area (Å²) in [4.78, 5) is 15.3. The molecule has 0 spiro atoms. The van der Waals surface area contributed by atoms with E-state index in [1.165, 1.54) is 12.1 Å². The summed E-state index contributed by atoms with van der Waals surface area (Å²) in [5.41, 5.74) is 0. The Morgan fingerprint density at radius 1 is 1.40 bits per heavy atom. The smallest absolute Gasteiger partial charge is 0.322 e. The van der Waals surface area contributed by atoms with Gasteiger partial charge in [0, 0.05) is 13.0 Å². The third kappa shape index (κ3) is 3.55. The number of sulfonamides is 1. The molecule has 1 aromatic carbocycles. The van der Waals surface area contributed by atoms with Crippen molar-refractivity contribution in [2.24, 2.45) is 4.99 Å². The summed E-state index contributed by atoms with van der Waals surface area (Å²) in [6, 6.07) is 6.41. The van der Waals surface area contributed by atoms with Crippen LogP contribution in [-0.2, 0) is 14.8 Å². The number of hydrogen-bond donors (Lipinski definition) is 3. The molecular weight excluding hydrogens is 282 g/mol. The second kappa shape index (κ2) is 6.02. The maximum absolute atomic E-state index is 12.1. The molecule has 1 heterocycles. The lowest BCUT2D eigenvalue weighted by Crippen LogP contribution is -2.43. The van der Waals surface area contributed by atoms with Crippen molar-refractivity contribution >= 4 is 21.8 Å². The van der Waals surface area contributed by atoms with Gasteiger partial charge in [-0.2, -0.15) is 4.72 Å². The summed E-state index contributed by atoms with van der Waals surface area (Å²) in [6.07, 6.45) is 0.00139. The number of nitrogens with one attached hydrogen (secondary N) is 2. The highest BCUT2D eigenvalue weighted by Gasteiger charge is 2.27. The predicted molar refractivity (Wildman–Crippen MR) is 73.1 cm³/mol. The van der Waals surface area contributed by atoms with Gasteiger partial charge in [0.2, 0.25) is 10.0 Å². The van der Waals surface area contributed by atoms with Crippen LogP contribution in [0, 0.1) is 0 Å². The van der Waals surface area contributed by atoms with Gasteiger partial charge in [-0.3, -0.25) is 9.79 Å². The monoisotopic (exact) mass is 297 g/mol. The quantitative estimate of drug-likeness (QED) is 0.674. The molecular formula is C12H15N3O4S. The third-order valence-electron chi connectivity index (χ3n) is 2.79. The van der Waals surface area contributed by atoms with Crippen molar-refractivity contribution in [3.8, 4) is 0 Å². The molecule has 0 saturated carbocycles. The Hall–Kier alpha value is -1.93. The molecule has 8 heteroatoms. The van der Waals surface area contributed by atoms with E-state index in [-0.39, 0.29) is 11.3 Å². The Morgan fingerprint density at radius 3 is 2.65 bits per heavy atom. The summed E-state index contributed by atoms with van der Waals surface area (Å²) in [5.74, 6) is -0.728. The molecule has 20 heavy (non-hydrogen) atoms. The van der Waals surface area contributed by atoms with E-state index in [1.807, 2.05) is 0 Å². The highest BCUT2D eigenvalue weighted by atomic mass is 32.2. The summed E-state index contributed by atoms with van der Waals surface area (Å²) >= 11 is 0. The zero-order valence-corrected chi connectivity index (χ0v) is 11.4. The number of amidine groups is 1. The topological polar surface area (TPSA) is 108 Å². The molecule has 0 aromatic heterocycles. The molecule has 108 valence electrons. The molecule has 2 rings (SSSR count). The molecule has 7 nitrogen and oxygen atoms in total. The van der Waals surface area contributed by atoms with E-state index < -0.39 is 22.0 Å². The average molecular weight is 297 g/mol. The van der Waals surface area contributed by atoms with Crippen LogP contribution in [0.5, 0.6) is 0 Å². The molecule has 3 N–H and O–H groups in total. The molecule has 0 radical (unpaired) electrons. The molecule has 1 unspecified atom stereocenters. The standard InChI is InChI=1S/C12H15N3O4S/c16-12(17)10(8-11-13-6-7-14-11)15-20(18,19)9-4-2-1-3-5-9/h1-5,10,15H,6-8H2,(H,13,14)(H,16,17). The molecule has 0 aliphatic carbocycles. The van der Waals surface area contributed by atoms with Crippen LogP contribution in [-0.4, -0.2) is 44.5 Å². The molecule has 1 aliphatic heterocycles. The normalized spacial score (nSPS) is 16.3. The molecule has 0 fully saturated rings. The van der Waals surface area contributed by atoms with Crippen LogP contribution >= 0.6 is 0 Å². The number of hydrogen-bond acceptors (Lipinski definition) is 5. The molecule has 0 bridgehead atoms. The van der Waals surface area contributed by atoms with Crippen molar-refractivity contribution < 1.29 is 18.3 Å². The first kappa shape index (κ1) is 14.5. The van der Waals surface area contributed by atoms with Gasteiger partial charge in [0.05, 0.1) is 17.3 Å². The van der Waals surface area contributed by atoms with E-state index in [0.717, 1.165) is 0 Å². The average Bonchev–Trinajstić information content (AvgIpc) is 2.91. The first-order chi connectivity index (χ1) is 9.49. The lowest BCUT2D eigenvalue weighted by molar-refractivity contribution is -0.138. The maximum Gasteiger partial charge on any atom is 0.322 e. The Labute approximate surface area is 116 Å². The lowest BCUT2D eigenvalue weighted by atomic mass is 10.2. The van der Waals surface area contributed by atoms with Crippen LogP contribution in [0.15, 0.2) is 40.2 Å². The highest BCUT2D eigenvalue weighted by molar-refractivity contribution is 7.89. The van der Waals surface area contributed by atoms with Crippen LogP contribution in [0.2, 0.25) is 0 Å². The fourth-order valence-electron chi connectivity index (χ4n) is 1.81. The Balaban J connectivity index is 2.13. The SMILES string of the molecule is O=C(O)C(CC1=NCCN1)NS(=O)(=O)c1ccccc1. The predicted octanol–water partition coefficient (Wildman–Crippen LogP) is -0.190. The second-order valence-corrected chi connectivity index (χ2v) is 6.00. The zero-order valence-electron chi connectivity index (χ0n) is 10.6. The minimum atomic E-state index is -3.86. The van der Waals surface area contributed by atoms with E-state index in [9.17, 15) is 13.2 Å². The zero-order chi connectivity index (χ0) is 14.6. The van der Waals surface area contributed by atoms with E-state index >= 15 is 0 Å². The van der Waals surface area contributed by atoms with Crippen molar-refractivity contribution in [3.05, 3.63) is 30.3 Å². The van der Waals surface area contributed by atoms with Gasteiger partial charge in [0.15, 0.2) is 0 Å². The summed E-state index contributed by atoms with van der Waals surface area (Å²) < 4.78 is 26.4. The van der Waals surface area contributed by atoms with Gasteiger partial charge in [-0.05, 0) is 12.1 Å². The lowest BCUT2D eigenvalue weighted by Gasteiger charge is -2.15. The number of carboxylic acid groups (broad SMARTS) is 1. The minimum Gasteiger partial charge on any atom is -0.480 e. The van der Waals surface area contributed by atoms with E-state index in [2.05, 4.69) is 15.0 Å². The first-order valence-corrected chi connectivity index (χ1v) is 7.55. The summed E-state index contributed by atoms with van der Waals surface area (Å²) in [6.45, 7) is 1.22. The number of carboxylic acids is 1. The highest BCUT2D eigenvalue weighted by Crippen LogP contribution is 2.09. The minimum absolute atomic E-state index is 0.00139. The number of nitrogens with zero attached hydrogens (tertiary/aromatic N) is 1. The van der Waals surface area contributed by atoms with Gasteiger partial charge in [-0.15, -0.1) is 0 Å². The molecule has 0 amide bonds. The number of carbonyl (C=O) groups is 1. The van der Waals surface area contributed by atoms with Crippen molar-refractivity contribution in [3.63, 3.8) is 0 Å². The van der Waals surface area contributed by atoms with Crippen LogP contribution in [0.4, 0.5) is 0 Å². The van der Waals surface area contributed by atoms with E-state index in [0.29, 0.717) is 18.9 Å². The van der Waals surface area contributed by atoms with Gasteiger partial charge >= 0.3 is 5.97 Å². The Morgan fingerprint density at radius 2 is 2.10 bits per heavy atom. The summed E-state index contributed by atoms with van der Waals surface area (Å²) in [5, 5.41) is 12.1. The van der Waals surface area contributed by atoms with Gasteiger partial charge in [-0.1, -0.05) is 18.2 Å². The van der Waals surface area contributed by atoms with Gasteiger partial charge < -0.3 is 10.4 Å². The number of aliphatic imine (C=N–C) groups is 1. The maximum atomic E-state index is 12.1. The van der Waals surface area contributed by atoms with Crippen LogP contribution in [0.3, 0.4) is 0 Å². The third-order valence-corrected chi connectivity index (χ3v) is 4.28. The first-order valence-electron chi connectivity index (χ1n) is 6.06. The van der Waals surface area contributed by atoms with Crippen LogP contribution in [0.1, 0.15) is 6.42 Å². The molecule has 1 atom stereocenters. The summed E-state index contributed by atoms with van der Waals surface area (Å²) in [7, 11) is -3.86.